The number of methoxy groups -OCH3 is 1. The summed E-state index contributed by atoms with van der Waals surface area (Å²) in [4.78, 5) is 55.8. The van der Waals surface area contributed by atoms with Crippen LogP contribution in [0.15, 0.2) is 42.2 Å². The normalized spacial score (nSPS) is 32.5. The van der Waals surface area contributed by atoms with Crippen molar-refractivity contribution in [3.63, 3.8) is 0 Å². The molecule has 60 heavy (non-hydrogen) atoms. The zero-order chi connectivity index (χ0) is 44.5. The minimum Gasteiger partial charge on any atom is -0.507 e. The Hall–Kier alpha value is -5.12. The number of Topliss-reactive ketones (excluding diaryl/α,β-unsaturated/α-hetero) is 1. The second-order valence-corrected chi connectivity index (χ2v) is 16.8. The number of amides is 2. The second-order valence-electron chi connectivity index (χ2n) is 16.8. The van der Waals surface area contributed by atoms with Crippen LogP contribution in [-0.2, 0) is 28.6 Å². The topological polar surface area (TPSA) is 211 Å². The van der Waals surface area contributed by atoms with Crippen molar-refractivity contribution < 1.29 is 63.3 Å². The number of carbonyl (C=O) groups is 4. The highest BCUT2D eigenvalue weighted by Crippen LogP contribution is 2.54. The molecule has 4 heterocycles. The number of phenolic OH excluding ortho intramolecular Hbond substituents is 2. The number of fused-ring (bicyclic) bond motifs is 14. The van der Waals surface area contributed by atoms with Gasteiger partial charge in [-0.2, -0.15) is 0 Å². The predicted octanol–water partition coefficient (Wildman–Crippen LogP) is 5.83. The number of carbonyl (C=O) groups excluding carboxylic acids is 4. The van der Waals surface area contributed by atoms with Gasteiger partial charge in [0.2, 0.25) is 0 Å². The smallest absolute Gasteiger partial charge is 0.312 e. The first-order valence-electron chi connectivity index (χ1n) is 20.4. The zero-order valence-corrected chi connectivity index (χ0v) is 36.3. The first-order chi connectivity index (χ1) is 28.1. The summed E-state index contributed by atoms with van der Waals surface area (Å²) in [5, 5.41) is 48.6. The Bertz CT molecular complexity index is 2080. The molecule has 0 aromatic heterocycles. The van der Waals surface area contributed by atoms with Gasteiger partial charge in [-0.1, -0.05) is 45.9 Å². The minimum absolute atomic E-state index is 0.0242. The lowest BCUT2D eigenvalue weighted by molar-refractivity contribution is -0.160. The van der Waals surface area contributed by atoms with Crippen LogP contribution in [0.2, 0.25) is 0 Å². The van der Waals surface area contributed by atoms with Gasteiger partial charge in [-0.3, -0.25) is 19.2 Å². The van der Waals surface area contributed by atoms with Crippen LogP contribution in [0.3, 0.4) is 0 Å². The third-order valence-corrected chi connectivity index (χ3v) is 12.4. The summed E-state index contributed by atoms with van der Waals surface area (Å²) in [5.41, 5.74) is 0.0212. The summed E-state index contributed by atoms with van der Waals surface area (Å²) in [6.07, 6.45) is 5.28. The number of likely N-dealkylation sites (tertiary alicyclic amines) is 1. The number of nitrogens with zero attached hydrogens (tertiary/aromatic N) is 1. The average molecular weight is 837 g/mol. The Kier molecular flexibility index (Phi) is 14.0. The number of ether oxygens (including phenoxy) is 5. The number of ketones is 1. The van der Waals surface area contributed by atoms with E-state index in [0.717, 1.165) is 12.8 Å². The molecule has 328 valence electrons. The number of aliphatic hydroxyl groups excluding tert-OH is 2. The number of rotatable bonds is 5. The fourth-order valence-electron chi connectivity index (χ4n) is 8.65. The Labute approximate surface area is 351 Å². The van der Waals surface area contributed by atoms with Crippen LogP contribution >= 0.6 is 0 Å². The van der Waals surface area contributed by atoms with Gasteiger partial charge in [-0.15, -0.1) is 0 Å². The fraction of sp³-hybridized carbons (Fsp3) is 0.556. The Morgan fingerprint density at radius 2 is 1.58 bits per heavy atom. The molecule has 15 heteroatoms. The van der Waals surface area contributed by atoms with Gasteiger partial charge in [0.25, 0.3) is 17.6 Å². The first kappa shape index (κ1) is 46.0. The van der Waals surface area contributed by atoms with Crippen molar-refractivity contribution >= 4 is 40.0 Å². The highest BCUT2D eigenvalue weighted by atomic mass is 16.7. The van der Waals surface area contributed by atoms with Crippen LogP contribution in [0, 0.1) is 30.6 Å². The van der Waals surface area contributed by atoms with Crippen LogP contribution in [-0.4, -0.2) is 105 Å². The largest absolute Gasteiger partial charge is 0.507 e. The van der Waals surface area contributed by atoms with Crippen molar-refractivity contribution in [1.29, 1.82) is 0 Å². The molecule has 2 amide bonds. The maximum atomic E-state index is 14.5. The molecule has 0 saturated carbocycles. The van der Waals surface area contributed by atoms with Gasteiger partial charge in [0.1, 0.15) is 23.4 Å². The van der Waals surface area contributed by atoms with Crippen LogP contribution in [0.5, 0.6) is 23.0 Å². The van der Waals surface area contributed by atoms with Crippen molar-refractivity contribution in [2.45, 2.75) is 124 Å². The van der Waals surface area contributed by atoms with E-state index in [1.807, 2.05) is 13.8 Å². The molecule has 11 unspecified atom stereocenters. The van der Waals surface area contributed by atoms with Gasteiger partial charge in [0.15, 0.2) is 12.4 Å². The van der Waals surface area contributed by atoms with E-state index in [4.69, 9.17) is 23.7 Å². The molecule has 1 saturated heterocycles. The van der Waals surface area contributed by atoms with E-state index in [9.17, 15) is 39.6 Å². The lowest BCUT2D eigenvalue weighted by atomic mass is 9.78. The fourth-order valence-corrected chi connectivity index (χ4v) is 8.65. The molecule has 2 aromatic carbocycles. The lowest BCUT2D eigenvalue weighted by Gasteiger charge is -2.38. The van der Waals surface area contributed by atoms with Gasteiger partial charge in [0, 0.05) is 79.3 Å². The molecule has 15 nitrogen and oxygen atoms in total. The standard InChI is InChI=1S/C45H60N2O13/c1-21-13-12-14-22(2)44(55)46-30-19-32(57-20-33(49)47-23(3)15-16-24(47)4)34-35(40(30)53)39(52)28(8)42-36(34)43(54)45(10,60-42)58-18-17-31(56-11)25(5)41(59-29(9)48)27(7)38(51)26(6)37(21)50/h12-14,17-19,21,23-27,31,37-38,41,50-53H,15-16,20H2,1-11H3,(H,46,55)/b13-12+,18-17+,22-14?. The number of anilines is 1. The molecule has 6 rings (SSSR count). The average Bonchev–Trinajstić information content (AvgIpc) is 3.68. The van der Waals surface area contributed by atoms with E-state index in [0.29, 0.717) is 0 Å². The van der Waals surface area contributed by atoms with Crippen LogP contribution < -0.4 is 14.8 Å². The van der Waals surface area contributed by atoms with E-state index < -0.39 is 89.6 Å². The third-order valence-electron chi connectivity index (χ3n) is 12.4. The molecule has 0 aliphatic carbocycles. The molecular weight excluding hydrogens is 776 g/mol. The Morgan fingerprint density at radius 1 is 0.933 bits per heavy atom. The van der Waals surface area contributed by atoms with E-state index >= 15 is 0 Å². The maximum Gasteiger partial charge on any atom is 0.312 e. The number of phenols is 2. The Balaban J connectivity index is 1.67. The van der Waals surface area contributed by atoms with Crippen molar-refractivity contribution in [2.75, 3.05) is 19.0 Å². The molecule has 5 bridgehead atoms. The van der Waals surface area contributed by atoms with E-state index in [1.54, 1.807) is 44.7 Å². The summed E-state index contributed by atoms with van der Waals surface area (Å²) in [6.45, 7) is 16.0. The molecule has 1 fully saturated rings. The number of hydrogen-bond donors (Lipinski definition) is 5. The summed E-state index contributed by atoms with van der Waals surface area (Å²) in [5.74, 6) is -7.90. The van der Waals surface area contributed by atoms with Crippen LogP contribution in [0.1, 0.15) is 91.1 Å². The number of aromatic hydroxyl groups is 2. The maximum absolute atomic E-state index is 14.5. The summed E-state index contributed by atoms with van der Waals surface area (Å²) in [7, 11) is 1.44. The zero-order valence-electron chi connectivity index (χ0n) is 36.3. The van der Waals surface area contributed by atoms with Crippen LogP contribution in [0.4, 0.5) is 5.69 Å². The van der Waals surface area contributed by atoms with Gasteiger partial charge >= 0.3 is 11.8 Å². The monoisotopic (exact) mass is 836 g/mol. The molecule has 0 spiro atoms. The summed E-state index contributed by atoms with van der Waals surface area (Å²) < 4.78 is 29.9. The molecule has 4 aliphatic heterocycles. The molecule has 4 aliphatic rings. The number of benzene rings is 2. The van der Waals surface area contributed by atoms with E-state index in [1.165, 1.54) is 59.3 Å². The lowest BCUT2D eigenvalue weighted by Crippen LogP contribution is -2.46. The van der Waals surface area contributed by atoms with Gasteiger partial charge in [0.05, 0.1) is 41.2 Å². The van der Waals surface area contributed by atoms with Gasteiger partial charge < -0.3 is 54.3 Å². The van der Waals surface area contributed by atoms with Crippen molar-refractivity contribution in [3.05, 3.63) is 53.3 Å². The molecule has 5 N–H and O–H groups in total. The predicted molar refractivity (Wildman–Crippen MR) is 223 cm³/mol. The number of allylic oxidation sites excluding steroid dienone is 2. The van der Waals surface area contributed by atoms with E-state index in [2.05, 4.69) is 5.32 Å². The van der Waals surface area contributed by atoms with Crippen molar-refractivity contribution in [3.8, 4) is 23.0 Å². The van der Waals surface area contributed by atoms with Crippen LogP contribution in [0.25, 0.3) is 10.8 Å². The number of esters is 1. The number of aliphatic hydroxyl groups is 2. The minimum atomic E-state index is -2.02. The van der Waals surface area contributed by atoms with Gasteiger partial charge in [-0.25, -0.2) is 0 Å². The summed E-state index contributed by atoms with van der Waals surface area (Å²) >= 11 is 0. The number of nitrogens with one attached hydrogen (secondary N) is 1. The highest BCUT2D eigenvalue weighted by molar-refractivity contribution is 6.21. The summed E-state index contributed by atoms with van der Waals surface area (Å²) in [6, 6.07) is 1.24. The van der Waals surface area contributed by atoms with E-state index in [-0.39, 0.29) is 62.6 Å². The van der Waals surface area contributed by atoms with Crippen molar-refractivity contribution in [1.82, 2.24) is 4.90 Å². The highest BCUT2D eigenvalue weighted by Gasteiger charge is 2.50. The van der Waals surface area contributed by atoms with Crippen molar-refractivity contribution in [2.24, 2.45) is 23.7 Å². The molecular formula is C45H60N2O13. The number of hydrogen-bond acceptors (Lipinski definition) is 13. The molecule has 2 aromatic rings. The second kappa shape index (κ2) is 18.2. The Morgan fingerprint density at radius 3 is 2.20 bits per heavy atom. The molecule has 0 radical (unpaired) electrons. The third kappa shape index (κ3) is 8.84. The quantitative estimate of drug-likeness (QED) is 0.178. The SMILES string of the molecule is COC1/C=C/OC2(C)Oc3c(C)c(O)c4c(O)c(cc(OCC(=O)N5C(C)CCC5C)c4c3C2=O)NC(=O)C(C)=C/C=C/C(C)C(O)C(C)C(O)C(C)C(OC(C)=O)C1C. The first-order valence-corrected chi connectivity index (χ1v) is 20.4. The van der Waals surface area contributed by atoms with Gasteiger partial charge in [-0.05, 0) is 46.6 Å². The molecule has 11 atom stereocenters.